The van der Waals surface area contributed by atoms with Crippen molar-refractivity contribution >= 4 is 11.4 Å². The fourth-order valence-electron chi connectivity index (χ4n) is 1.73. The summed E-state index contributed by atoms with van der Waals surface area (Å²) in [5.41, 5.74) is 5.16. The maximum absolute atomic E-state index is 3.61. The van der Waals surface area contributed by atoms with E-state index in [0.717, 1.165) is 6.54 Å². The van der Waals surface area contributed by atoms with Gasteiger partial charge in [-0.15, -0.1) is 5.73 Å². The number of benzene rings is 2. The lowest BCUT2D eigenvalue weighted by Gasteiger charge is -2.23. The van der Waals surface area contributed by atoms with Crippen molar-refractivity contribution in [3.63, 3.8) is 0 Å². The summed E-state index contributed by atoms with van der Waals surface area (Å²) >= 11 is 0. The molecule has 1 nitrogen and oxygen atoms in total. The van der Waals surface area contributed by atoms with Gasteiger partial charge in [0.2, 0.25) is 0 Å². The molecule has 0 fully saturated rings. The van der Waals surface area contributed by atoms with Crippen molar-refractivity contribution in [2.24, 2.45) is 0 Å². The molecule has 0 unspecified atom stereocenters. The number of hydrogen-bond donors (Lipinski definition) is 0. The van der Waals surface area contributed by atoms with E-state index < -0.39 is 0 Å². The van der Waals surface area contributed by atoms with Crippen LogP contribution in [0.25, 0.3) is 0 Å². The van der Waals surface area contributed by atoms with E-state index in [1.54, 1.807) is 0 Å². The third kappa shape index (κ3) is 2.87. The van der Waals surface area contributed by atoms with Gasteiger partial charge >= 0.3 is 0 Å². The van der Waals surface area contributed by atoms with E-state index >= 15 is 0 Å². The summed E-state index contributed by atoms with van der Waals surface area (Å²) in [5, 5.41) is 0. The van der Waals surface area contributed by atoms with Crippen LogP contribution < -0.4 is 4.90 Å². The quantitative estimate of drug-likeness (QED) is 0.700. The minimum Gasteiger partial charge on any atom is -0.337 e. The molecule has 0 aromatic heterocycles. The average molecular weight is 221 g/mol. The highest BCUT2D eigenvalue weighted by molar-refractivity contribution is 5.63. The number of nitrogens with zero attached hydrogens (tertiary/aromatic N) is 1. The zero-order valence-electron chi connectivity index (χ0n) is 9.71. The first-order chi connectivity index (χ1) is 8.42. The highest BCUT2D eigenvalue weighted by atomic mass is 15.1. The van der Waals surface area contributed by atoms with Gasteiger partial charge in [-0.2, -0.15) is 0 Å². The number of rotatable bonds is 4. The first kappa shape index (κ1) is 11.3. The molecule has 17 heavy (non-hydrogen) atoms. The summed E-state index contributed by atoms with van der Waals surface area (Å²) in [5.74, 6) is 0. The lowest BCUT2D eigenvalue weighted by Crippen LogP contribution is -2.16. The fraction of sp³-hybridized carbons (Fsp3) is 0.0625. The lowest BCUT2D eigenvalue weighted by molar-refractivity contribution is 1.10. The van der Waals surface area contributed by atoms with E-state index in [2.05, 4.69) is 41.5 Å². The van der Waals surface area contributed by atoms with E-state index in [0.29, 0.717) is 0 Å². The Morgan fingerprint density at radius 2 is 1.35 bits per heavy atom. The molecule has 0 heterocycles. The zero-order chi connectivity index (χ0) is 11.9. The first-order valence-electron chi connectivity index (χ1n) is 5.64. The highest BCUT2D eigenvalue weighted by Gasteiger charge is 2.05. The van der Waals surface area contributed by atoms with Crippen molar-refractivity contribution in [3.05, 3.63) is 79.0 Å². The molecule has 0 saturated carbocycles. The summed E-state index contributed by atoms with van der Waals surface area (Å²) in [6.07, 6.45) is 1.93. The van der Waals surface area contributed by atoms with Crippen LogP contribution in [0.4, 0.5) is 11.4 Å². The van der Waals surface area contributed by atoms with Gasteiger partial charge < -0.3 is 4.90 Å². The molecule has 84 valence electrons. The van der Waals surface area contributed by atoms with Crippen LogP contribution in [0, 0.1) is 0 Å². The second kappa shape index (κ2) is 5.74. The molecule has 0 aliphatic heterocycles. The van der Waals surface area contributed by atoms with Crippen molar-refractivity contribution in [2.45, 2.75) is 0 Å². The Labute approximate surface area is 102 Å². The van der Waals surface area contributed by atoms with Crippen molar-refractivity contribution in [3.8, 4) is 0 Å². The lowest BCUT2D eigenvalue weighted by atomic mass is 10.2. The van der Waals surface area contributed by atoms with Gasteiger partial charge in [0.1, 0.15) is 0 Å². The fourth-order valence-corrected chi connectivity index (χ4v) is 1.73. The van der Waals surface area contributed by atoms with Gasteiger partial charge in [0, 0.05) is 17.9 Å². The molecule has 2 rings (SSSR count). The van der Waals surface area contributed by atoms with Gasteiger partial charge in [-0.05, 0) is 30.3 Å². The molecule has 1 heteroatoms. The second-order valence-corrected chi connectivity index (χ2v) is 3.69. The highest BCUT2D eigenvalue weighted by Crippen LogP contribution is 2.24. The van der Waals surface area contributed by atoms with Crippen molar-refractivity contribution < 1.29 is 0 Å². The van der Waals surface area contributed by atoms with E-state index in [4.69, 9.17) is 0 Å². The Hall–Kier alpha value is -2.24. The van der Waals surface area contributed by atoms with E-state index in [1.165, 1.54) is 11.4 Å². The summed E-state index contributed by atoms with van der Waals surface area (Å²) in [6, 6.07) is 20.6. The Morgan fingerprint density at radius 1 is 0.882 bits per heavy atom. The van der Waals surface area contributed by atoms with Gasteiger partial charge in [0.05, 0.1) is 0 Å². The molecule has 0 aliphatic rings. The van der Waals surface area contributed by atoms with Gasteiger partial charge in [-0.25, -0.2) is 0 Å². The first-order valence-corrected chi connectivity index (χ1v) is 5.64. The Balaban J connectivity index is 2.35. The molecule has 0 aliphatic carbocycles. The van der Waals surface area contributed by atoms with Crippen LogP contribution in [0.1, 0.15) is 0 Å². The molecular formula is C16H15N. The van der Waals surface area contributed by atoms with Gasteiger partial charge in [0.15, 0.2) is 0 Å². The van der Waals surface area contributed by atoms with Crippen molar-refractivity contribution in [2.75, 3.05) is 11.4 Å². The average Bonchev–Trinajstić information content (AvgIpc) is 2.42. The maximum Gasteiger partial charge on any atom is 0.0486 e. The topological polar surface area (TPSA) is 3.24 Å². The maximum atomic E-state index is 3.61. The summed E-state index contributed by atoms with van der Waals surface area (Å²) < 4.78 is 0. The smallest absolute Gasteiger partial charge is 0.0486 e. The number of hydrogen-bond acceptors (Lipinski definition) is 1. The Morgan fingerprint density at radius 3 is 1.76 bits per heavy atom. The molecule has 0 amide bonds. The van der Waals surface area contributed by atoms with E-state index in [-0.39, 0.29) is 0 Å². The van der Waals surface area contributed by atoms with Crippen LogP contribution in [-0.4, -0.2) is 6.54 Å². The largest absolute Gasteiger partial charge is 0.337 e. The monoisotopic (exact) mass is 221 g/mol. The molecule has 0 spiro atoms. The molecule has 2 aromatic rings. The second-order valence-electron chi connectivity index (χ2n) is 3.69. The minimum absolute atomic E-state index is 0.775. The molecule has 2 aromatic carbocycles. The predicted molar refractivity (Wildman–Crippen MR) is 73.6 cm³/mol. The predicted octanol–water partition coefficient (Wildman–Crippen LogP) is 4.17. The SMILES string of the molecule is C=C=CCN(c1ccccc1)c1ccccc1. The summed E-state index contributed by atoms with van der Waals surface area (Å²) in [7, 11) is 0. The van der Waals surface area contributed by atoms with Gasteiger partial charge in [-0.3, -0.25) is 0 Å². The summed E-state index contributed by atoms with van der Waals surface area (Å²) in [6.45, 7) is 4.39. The van der Waals surface area contributed by atoms with Crippen LogP contribution in [0.5, 0.6) is 0 Å². The Kier molecular flexibility index (Phi) is 3.80. The Bertz CT molecular complexity index is 456. The molecular weight excluding hydrogens is 206 g/mol. The van der Waals surface area contributed by atoms with E-state index in [1.807, 2.05) is 42.5 Å². The van der Waals surface area contributed by atoms with Crippen LogP contribution in [0.2, 0.25) is 0 Å². The summed E-state index contributed by atoms with van der Waals surface area (Å²) in [4.78, 5) is 2.22. The standard InChI is InChI=1S/C16H15N/c1-2-3-14-17(15-10-6-4-7-11-15)16-12-8-5-9-13-16/h3-13H,1,14H2. The third-order valence-corrected chi connectivity index (χ3v) is 2.55. The van der Waals surface area contributed by atoms with Gasteiger partial charge in [0.25, 0.3) is 0 Å². The molecule has 0 atom stereocenters. The molecule has 0 N–H and O–H groups in total. The van der Waals surface area contributed by atoms with Crippen LogP contribution >= 0.6 is 0 Å². The minimum atomic E-state index is 0.775. The number of anilines is 2. The zero-order valence-corrected chi connectivity index (χ0v) is 9.71. The van der Waals surface area contributed by atoms with Crippen LogP contribution in [-0.2, 0) is 0 Å². The van der Waals surface area contributed by atoms with Crippen LogP contribution in [0.15, 0.2) is 79.0 Å². The normalized spacial score (nSPS) is 9.41. The molecule has 0 saturated heterocycles. The third-order valence-electron chi connectivity index (χ3n) is 2.55. The molecule has 0 radical (unpaired) electrons. The van der Waals surface area contributed by atoms with E-state index in [9.17, 15) is 0 Å². The number of para-hydroxylation sites is 2. The van der Waals surface area contributed by atoms with Crippen molar-refractivity contribution in [1.82, 2.24) is 0 Å². The molecule has 0 bridgehead atoms. The van der Waals surface area contributed by atoms with Gasteiger partial charge in [-0.1, -0.05) is 43.0 Å². The van der Waals surface area contributed by atoms with Crippen molar-refractivity contribution in [1.29, 1.82) is 0 Å². The van der Waals surface area contributed by atoms with Crippen LogP contribution in [0.3, 0.4) is 0 Å².